The highest BCUT2D eigenvalue weighted by molar-refractivity contribution is 5.89. The number of carbonyl (C=O) groups excluding carboxylic acids is 1. The van der Waals surface area contributed by atoms with E-state index in [1.165, 1.54) is 0 Å². The molecule has 0 aliphatic rings. The van der Waals surface area contributed by atoms with Gasteiger partial charge in [0.15, 0.2) is 0 Å². The van der Waals surface area contributed by atoms with Gasteiger partial charge in [-0.25, -0.2) is 0 Å². The maximum Gasteiger partial charge on any atom is 0.309 e. The lowest BCUT2D eigenvalue weighted by atomic mass is 9.76. The highest BCUT2D eigenvalue weighted by Gasteiger charge is 2.35. The van der Waals surface area contributed by atoms with Crippen molar-refractivity contribution in [3.05, 3.63) is 0 Å². The molecule has 0 fully saturated rings. The van der Waals surface area contributed by atoms with Gasteiger partial charge in [-0.15, -0.1) is 0 Å². The van der Waals surface area contributed by atoms with Crippen molar-refractivity contribution < 1.29 is 14.7 Å². The minimum absolute atomic E-state index is 0.0207. The van der Waals surface area contributed by atoms with E-state index in [1.807, 2.05) is 20.8 Å². The smallest absolute Gasteiger partial charge is 0.309 e. The Morgan fingerprint density at radius 1 is 1.07 bits per heavy atom. The Bertz CT molecular complexity index is 239. The number of rotatable bonds is 5. The summed E-state index contributed by atoms with van der Waals surface area (Å²) in [6.45, 7) is 8.81. The third-order valence-electron chi connectivity index (χ3n) is 2.82. The van der Waals surface area contributed by atoms with E-state index < -0.39 is 16.8 Å². The number of carboxylic acid groups (broad SMARTS) is 1. The van der Waals surface area contributed by atoms with Crippen LogP contribution in [-0.4, -0.2) is 16.9 Å². The first-order chi connectivity index (χ1) is 6.13. The lowest BCUT2D eigenvalue weighted by molar-refractivity contribution is -0.150. The van der Waals surface area contributed by atoms with Crippen LogP contribution in [0.5, 0.6) is 0 Å². The van der Waals surface area contributed by atoms with E-state index >= 15 is 0 Å². The molecule has 0 rings (SSSR count). The Morgan fingerprint density at radius 2 is 1.50 bits per heavy atom. The van der Waals surface area contributed by atoms with Crippen molar-refractivity contribution in [1.29, 1.82) is 0 Å². The van der Waals surface area contributed by atoms with Gasteiger partial charge >= 0.3 is 5.97 Å². The molecule has 1 N–H and O–H groups in total. The Labute approximate surface area is 85.5 Å². The second-order valence-electron chi connectivity index (χ2n) is 5.03. The van der Waals surface area contributed by atoms with Crippen molar-refractivity contribution in [3.8, 4) is 0 Å². The fourth-order valence-electron chi connectivity index (χ4n) is 0.913. The van der Waals surface area contributed by atoms with Crippen molar-refractivity contribution in [2.24, 2.45) is 10.8 Å². The van der Waals surface area contributed by atoms with Crippen LogP contribution in [0.25, 0.3) is 0 Å². The van der Waals surface area contributed by atoms with Crippen molar-refractivity contribution in [2.75, 3.05) is 0 Å². The van der Waals surface area contributed by atoms with Crippen LogP contribution in [0, 0.1) is 10.8 Å². The fourth-order valence-corrected chi connectivity index (χ4v) is 0.913. The standard InChI is InChI=1S/C11H20O3/c1-6-10(2,3)8(12)7-11(4,5)9(13)14/h6-7H2,1-5H3,(H,13,14). The summed E-state index contributed by atoms with van der Waals surface area (Å²) in [5, 5.41) is 8.88. The van der Waals surface area contributed by atoms with E-state index in [-0.39, 0.29) is 12.2 Å². The van der Waals surface area contributed by atoms with E-state index in [0.717, 1.165) is 6.42 Å². The molecule has 0 radical (unpaired) electrons. The molecular formula is C11H20O3. The van der Waals surface area contributed by atoms with Gasteiger partial charge in [0.05, 0.1) is 5.41 Å². The summed E-state index contributed by atoms with van der Waals surface area (Å²) >= 11 is 0. The van der Waals surface area contributed by atoms with E-state index in [9.17, 15) is 9.59 Å². The van der Waals surface area contributed by atoms with Gasteiger partial charge in [-0.1, -0.05) is 20.8 Å². The zero-order valence-electron chi connectivity index (χ0n) is 9.68. The van der Waals surface area contributed by atoms with Crippen LogP contribution in [0.1, 0.15) is 47.5 Å². The van der Waals surface area contributed by atoms with Crippen LogP contribution in [0.4, 0.5) is 0 Å². The molecule has 0 unspecified atom stereocenters. The molecule has 0 amide bonds. The number of aliphatic carboxylic acids is 1. The molecule has 0 heterocycles. The molecule has 0 aliphatic heterocycles. The van der Waals surface area contributed by atoms with Crippen LogP contribution in [0.15, 0.2) is 0 Å². The molecule has 0 saturated heterocycles. The van der Waals surface area contributed by atoms with Crippen molar-refractivity contribution in [1.82, 2.24) is 0 Å². The number of Topliss-reactive ketones (excluding diaryl/α,β-unsaturated/α-hetero) is 1. The number of ketones is 1. The Balaban J connectivity index is 4.56. The predicted octanol–water partition coefficient (Wildman–Crippen LogP) is 2.49. The summed E-state index contributed by atoms with van der Waals surface area (Å²) in [6, 6.07) is 0. The Kier molecular flexibility index (Phi) is 3.86. The molecule has 0 saturated carbocycles. The molecule has 82 valence electrons. The first-order valence-corrected chi connectivity index (χ1v) is 4.90. The minimum Gasteiger partial charge on any atom is -0.481 e. The van der Waals surface area contributed by atoms with Crippen LogP contribution in [0.3, 0.4) is 0 Å². The van der Waals surface area contributed by atoms with Gasteiger partial charge in [0.25, 0.3) is 0 Å². The zero-order chi connectivity index (χ0) is 11.6. The molecule has 0 atom stereocenters. The maximum atomic E-state index is 11.8. The van der Waals surface area contributed by atoms with E-state index in [4.69, 9.17) is 5.11 Å². The lowest BCUT2D eigenvalue weighted by Crippen LogP contribution is -2.33. The highest BCUT2D eigenvalue weighted by atomic mass is 16.4. The van der Waals surface area contributed by atoms with Gasteiger partial charge in [0.1, 0.15) is 5.78 Å². The number of hydrogen-bond donors (Lipinski definition) is 1. The van der Waals surface area contributed by atoms with Crippen LogP contribution >= 0.6 is 0 Å². The topological polar surface area (TPSA) is 54.4 Å². The van der Waals surface area contributed by atoms with Gasteiger partial charge in [0.2, 0.25) is 0 Å². The molecule has 0 spiro atoms. The van der Waals surface area contributed by atoms with E-state index in [0.29, 0.717) is 0 Å². The minimum atomic E-state index is -0.955. The monoisotopic (exact) mass is 200 g/mol. The molecule has 0 aliphatic carbocycles. The van der Waals surface area contributed by atoms with Crippen molar-refractivity contribution in [3.63, 3.8) is 0 Å². The average molecular weight is 200 g/mol. The molecule has 3 heteroatoms. The van der Waals surface area contributed by atoms with Crippen molar-refractivity contribution in [2.45, 2.75) is 47.5 Å². The maximum absolute atomic E-state index is 11.8. The van der Waals surface area contributed by atoms with Gasteiger partial charge in [-0.2, -0.15) is 0 Å². The number of hydrogen-bond acceptors (Lipinski definition) is 2. The SMILES string of the molecule is CCC(C)(C)C(=O)CC(C)(C)C(=O)O. The summed E-state index contributed by atoms with van der Waals surface area (Å²) in [5.41, 5.74) is -1.36. The summed E-state index contributed by atoms with van der Waals surface area (Å²) in [5.74, 6) is -0.898. The number of carbonyl (C=O) groups is 2. The quantitative estimate of drug-likeness (QED) is 0.741. The van der Waals surface area contributed by atoms with Crippen LogP contribution in [0.2, 0.25) is 0 Å². The largest absolute Gasteiger partial charge is 0.481 e. The summed E-state index contributed by atoms with van der Waals surface area (Å²) < 4.78 is 0. The van der Waals surface area contributed by atoms with E-state index in [1.54, 1.807) is 13.8 Å². The fraction of sp³-hybridized carbons (Fsp3) is 0.818. The van der Waals surface area contributed by atoms with Crippen LogP contribution < -0.4 is 0 Å². The normalized spacial score (nSPS) is 12.6. The first-order valence-electron chi connectivity index (χ1n) is 4.90. The van der Waals surface area contributed by atoms with Gasteiger partial charge in [-0.05, 0) is 20.3 Å². The van der Waals surface area contributed by atoms with Gasteiger partial charge in [-0.3, -0.25) is 9.59 Å². The molecule has 0 aromatic carbocycles. The molecule has 0 bridgehead atoms. The zero-order valence-corrected chi connectivity index (χ0v) is 9.68. The average Bonchev–Trinajstić information content (AvgIpc) is 2.03. The Morgan fingerprint density at radius 3 is 1.79 bits per heavy atom. The molecule has 14 heavy (non-hydrogen) atoms. The third kappa shape index (κ3) is 3.13. The highest BCUT2D eigenvalue weighted by Crippen LogP contribution is 2.29. The van der Waals surface area contributed by atoms with Gasteiger partial charge < -0.3 is 5.11 Å². The molecule has 3 nitrogen and oxygen atoms in total. The summed E-state index contributed by atoms with van der Waals surface area (Å²) in [6.07, 6.45) is 0.838. The summed E-state index contributed by atoms with van der Waals surface area (Å²) in [7, 11) is 0. The lowest BCUT2D eigenvalue weighted by Gasteiger charge is -2.26. The second kappa shape index (κ2) is 4.11. The summed E-state index contributed by atoms with van der Waals surface area (Å²) in [4.78, 5) is 22.6. The Hall–Kier alpha value is -0.860. The van der Waals surface area contributed by atoms with Gasteiger partial charge in [0, 0.05) is 11.8 Å². The van der Waals surface area contributed by atoms with Crippen LogP contribution in [-0.2, 0) is 9.59 Å². The first kappa shape index (κ1) is 13.1. The predicted molar refractivity (Wildman–Crippen MR) is 55.1 cm³/mol. The molecule has 0 aromatic heterocycles. The molecular weight excluding hydrogens is 180 g/mol. The number of carboxylic acids is 1. The second-order valence-corrected chi connectivity index (χ2v) is 5.03. The van der Waals surface area contributed by atoms with E-state index in [2.05, 4.69) is 0 Å². The van der Waals surface area contributed by atoms with Crippen molar-refractivity contribution >= 4 is 11.8 Å². The molecule has 0 aromatic rings. The third-order valence-corrected chi connectivity index (χ3v) is 2.82.